The van der Waals surface area contributed by atoms with Crippen molar-refractivity contribution in [1.82, 2.24) is 30.2 Å². The lowest BCUT2D eigenvalue weighted by Gasteiger charge is -2.35. The summed E-state index contributed by atoms with van der Waals surface area (Å²) in [5.74, 6) is 0.768. The fourth-order valence-electron chi connectivity index (χ4n) is 3.46. The Kier molecular flexibility index (Phi) is 11.1. The van der Waals surface area contributed by atoms with Gasteiger partial charge < -0.3 is 25.2 Å². The Hall–Kier alpha value is -1.56. The first-order chi connectivity index (χ1) is 14.1. The number of likely N-dealkylation sites (N-methyl/N-ethyl adjacent to an activating group) is 1. The number of nitrogens with one attached hydrogen (secondary N) is 2. The number of nitrogens with zero attached hydrogens (tertiary/aromatic N) is 5. The van der Waals surface area contributed by atoms with Gasteiger partial charge in [0.2, 0.25) is 0 Å². The molecule has 0 aromatic carbocycles. The molecule has 1 aliphatic heterocycles. The normalized spacial score (nSPS) is 18.4. The van der Waals surface area contributed by atoms with Crippen molar-refractivity contribution >= 4 is 36.0 Å². The molecule has 0 spiro atoms. The van der Waals surface area contributed by atoms with Crippen molar-refractivity contribution in [3.8, 4) is 0 Å². The first kappa shape index (κ1) is 27.5. The Labute approximate surface area is 204 Å². The van der Waals surface area contributed by atoms with Crippen LogP contribution in [0.3, 0.4) is 0 Å². The zero-order valence-electron chi connectivity index (χ0n) is 20.0. The van der Waals surface area contributed by atoms with E-state index in [1.807, 2.05) is 59.0 Å². The maximum Gasteiger partial charge on any atom is 0.410 e. The third-order valence-electron chi connectivity index (χ3n) is 4.91. The van der Waals surface area contributed by atoms with Crippen LogP contribution >= 0.6 is 24.0 Å². The number of carbonyl (C=O) groups excluding carboxylic acids is 1. The van der Waals surface area contributed by atoms with E-state index in [1.165, 1.54) is 0 Å². The Morgan fingerprint density at radius 2 is 2.13 bits per heavy atom. The van der Waals surface area contributed by atoms with Gasteiger partial charge in [0.1, 0.15) is 5.60 Å². The molecule has 0 bridgehead atoms. The molecule has 10 heteroatoms. The van der Waals surface area contributed by atoms with Gasteiger partial charge in [-0.1, -0.05) is 0 Å². The number of ether oxygens (including phenoxy) is 1. The molecule has 2 N–H and O–H groups in total. The minimum absolute atomic E-state index is 0. The summed E-state index contributed by atoms with van der Waals surface area (Å²) in [6.45, 7) is 10.4. The topological polar surface area (TPSA) is 87.0 Å². The van der Waals surface area contributed by atoms with Crippen molar-refractivity contribution in [3.63, 3.8) is 0 Å². The van der Waals surface area contributed by atoms with Crippen molar-refractivity contribution in [3.05, 3.63) is 18.0 Å². The lowest BCUT2D eigenvalue weighted by atomic mass is 10.1. The lowest BCUT2D eigenvalue weighted by Crippen LogP contribution is -2.53. The van der Waals surface area contributed by atoms with E-state index in [-0.39, 0.29) is 42.2 Å². The highest BCUT2D eigenvalue weighted by Gasteiger charge is 2.28. The molecule has 2 heterocycles. The third kappa shape index (κ3) is 9.22. The van der Waals surface area contributed by atoms with Crippen LogP contribution < -0.4 is 10.6 Å². The summed E-state index contributed by atoms with van der Waals surface area (Å²) in [7, 11) is 6.02. The largest absolute Gasteiger partial charge is 0.444 e. The van der Waals surface area contributed by atoms with Gasteiger partial charge in [-0.2, -0.15) is 5.10 Å². The molecule has 0 radical (unpaired) electrons. The molecule has 2 rings (SSSR count). The fourth-order valence-corrected chi connectivity index (χ4v) is 3.46. The number of likely N-dealkylation sites (tertiary alicyclic amines) is 1. The molecule has 0 saturated carbocycles. The van der Waals surface area contributed by atoms with Crippen LogP contribution in [0.25, 0.3) is 0 Å². The van der Waals surface area contributed by atoms with Gasteiger partial charge in [-0.15, -0.1) is 24.0 Å². The van der Waals surface area contributed by atoms with Crippen LogP contribution in [0.15, 0.2) is 17.4 Å². The SMILES string of the molecule is CCNC(=NCC(c1cnn(C)c1)N(C)C)NC1CCCN(C(=O)OC(C)(C)C)C1.I. The first-order valence-electron chi connectivity index (χ1n) is 10.8. The summed E-state index contributed by atoms with van der Waals surface area (Å²) in [6, 6.07) is 0.277. The Bertz CT molecular complexity index is 715. The van der Waals surface area contributed by atoms with Crippen molar-refractivity contribution < 1.29 is 9.53 Å². The van der Waals surface area contributed by atoms with E-state index in [1.54, 1.807) is 4.90 Å². The standard InChI is InChI=1S/C21H39N7O2.HI/c1-8-22-19(23-13-18(26(5)6)16-12-24-27(7)14-16)25-17-10-9-11-28(15-17)20(29)30-21(2,3)4;/h12,14,17-18H,8-11,13,15H2,1-7H3,(H2,22,23,25);1H. The number of carbonyl (C=O) groups is 1. The molecular weight excluding hydrogens is 509 g/mol. The second-order valence-corrected chi connectivity index (χ2v) is 9.06. The van der Waals surface area contributed by atoms with Gasteiger partial charge in [-0.05, 0) is 54.6 Å². The first-order valence-corrected chi connectivity index (χ1v) is 10.8. The smallest absolute Gasteiger partial charge is 0.410 e. The number of aryl methyl sites for hydroxylation is 1. The quantitative estimate of drug-likeness (QED) is 0.323. The number of guanidine groups is 1. The molecule has 1 aliphatic rings. The predicted molar refractivity (Wildman–Crippen MR) is 135 cm³/mol. The average molecular weight is 550 g/mol. The summed E-state index contributed by atoms with van der Waals surface area (Å²) < 4.78 is 7.35. The lowest BCUT2D eigenvalue weighted by molar-refractivity contribution is 0.0193. The van der Waals surface area contributed by atoms with E-state index in [0.29, 0.717) is 13.1 Å². The molecule has 31 heavy (non-hydrogen) atoms. The molecule has 0 aliphatic carbocycles. The predicted octanol–water partition coefficient (Wildman–Crippen LogP) is 2.60. The second-order valence-electron chi connectivity index (χ2n) is 9.06. The van der Waals surface area contributed by atoms with Gasteiger partial charge in [-0.3, -0.25) is 9.67 Å². The Balaban J connectivity index is 0.00000480. The van der Waals surface area contributed by atoms with E-state index in [4.69, 9.17) is 9.73 Å². The van der Waals surface area contributed by atoms with Gasteiger partial charge in [0.15, 0.2) is 5.96 Å². The Morgan fingerprint density at radius 1 is 1.42 bits per heavy atom. The molecule has 2 unspecified atom stereocenters. The third-order valence-corrected chi connectivity index (χ3v) is 4.91. The maximum atomic E-state index is 12.4. The van der Waals surface area contributed by atoms with Crippen molar-refractivity contribution in [2.75, 3.05) is 40.3 Å². The highest BCUT2D eigenvalue weighted by atomic mass is 127. The van der Waals surface area contributed by atoms with Crippen LogP contribution in [0.2, 0.25) is 0 Å². The number of piperidine rings is 1. The van der Waals surface area contributed by atoms with Crippen molar-refractivity contribution in [1.29, 1.82) is 0 Å². The molecule has 2 atom stereocenters. The number of hydrogen-bond donors (Lipinski definition) is 2. The summed E-state index contributed by atoms with van der Waals surface area (Å²) >= 11 is 0. The van der Waals surface area contributed by atoms with E-state index in [9.17, 15) is 4.79 Å². The van der Waals surface area contributed by atoms with Gasteiger partial charge in [0.05, 0.1) is 18.8 Å². The molecule has 1 amide bonds. The highest BCUT2D eigenvalue weighted by Crippen LogP contribution is 2.18. The fraction of sp³-hybridized carbons (Fsp3) is 0.762. The zero-order chi connectivity index (χ0) is 22.3. The molecule has 1 aromatic rings. The van der Waals surface area contributed by atoms with E-state index in [0.717, 1.165) is 37.5 Å². The number of aromatic nitrogens is 2. The number of halogens is 1. The van der Waals surface area contributed by atoms with Crippen LogP contribution in [-0.4, -0.2) is 83.6 Å². The molecule has 9 nitrogen and oxygen atoms in total. The summed E-state index contributed by atoms with van der Waals surface area (Å²) in [6.07, 6.45) is 5.59. The molecule has 1 saturated heterocycles. The molecule has 1 fully saturated rings. The molecule has 178 valence electrons. The second kappa shape index (κ2) is 12.5. The monoisotopic (exact) mass is 549 g/mol. The van der Waals surface area contributed by atoms with Crippen LogP contribution in [0.1, 0.15) is 52.1 Å². The Morgan fingerprint density at radius 3 is 2.68 bits per heavy atom. The number of rotatable bonds is 6. The van der Waals surface area contributed by atoms with E-state index >= 15 is 0 Å². The molecule has 1 aromatic heterocycles. The van der Waals surface area contributed by atoms with Crippen LogP contribution in [0.4, 0.5) is 4.79 Å². The maximum absolute atomic E-state index is 12.4. The van der Waals surface area contributed by atoms with Crippen LogP contribution in [0.5, 0.6) is 0 Å². The summed E-state index contributed by atoms with van der Waals surface area (Å²) in [5.41, 5.74) is 0.650. The van der Waals surface area contributed by atoms with Crippen molar-refractivity contribution in [2.45, 2.75) is 58.2 Å². The highest BCUT2D eigenvalue weighted by molar-refractivity contribution is 14.0. The van der Waals surface area contributed by atoms with Gasteiger partial charge in [0, 0.05) is 44.5 Å². The number of aliphatic imine (C=N–C) groups is 1. The number of amides is 1. The van der Waals surface area contributed by atoms with Crippen molar-refractivity contribution in [2.24, 2.45) is 12.0 Å². The van der Waals surface area contributed by atoms with Gasteiger partial charge in [0.25, 0.3) is 0 Å². The minimum Gasteiger partial charge on any atom is -0.444 e. The van der Waals surface area contributed by atoms with E-state index < -0.39 is 5.60 Å². The van der Waals surface area contributed by atoms with Crippen LogP contribution in [0, 0.1) is 0 Å². The molecular formula is C21H40IN7O2. The van der Waals surface area contributed by atoms with Crippen LogP contribution in [-0.2, 0) is 11.8 Å². The summed E-state index contributed by atoms with van der Waals surface area (Å²) in [4.78, 5) is 21.2. The number of hydrogen-bond acceptors (Lipinski definition) is 5. The van der Waals surface area contributed by atoms with E-state index in [2.05, 4.69) is 27.6 Å². The van der Waals surface area contributed by atoms with Gasteiger partial charge in [-0.25, -0.2) is 4.79 Å². The summed E-state index contributed by atoms with van der Waals surface area (Å²) in [5, 5.41) is 11.1. The average Bonchev–Trinajstić information content (AvgIpc) is 3.06. The minimum atomic E-state index is -0.485. The van der Waals surface area contributed by atoms with Gasteiger partial charge >= 0.3 is 6.09 Å². The zero-order valence-corrected chi connectivity index (χ0v) is 22.3.